The predicted molar refractivity (Wildman–Crippen MR) is 91.6 cm³/mol. The van der Waals surface area contributed by atoms with Gasteiger partial charge < -0.3 is 15.0 Å². The van der Waals surface area contributed by atoms with E-state index in [1.807, 2.05) is 42.5 Å². The number of alkyl carbamates (subject to hydrolysis) is 1. The smallest absolute Gasteiger partial charge is 0.407 e. The first kappa shape index (κ1) is 17.8. The summed E-state index contributed by atoms with van der Waals surface area (Å²) in [5.74, 6) is 0.466. The van der Waals surface area contributed by atoms with Crippen LogP contribution in [0.25, 0.3) is 0 Å². The monoisotopic (exact) mass is 338 g/mol. The number of carbonyl (C=O) groups excluding carboxylic acids is 2. The molecule has 1 fully saturated rings. The standard InChI is InChI=1S/C17H26N2O3S/c1-17(2,3)22-16(21)18-10-14-5-4-7-19(11-14)15(20)9-13-6-8-23-12-13/h6,8,12,14H,4-5,7,9-11H2,1-3H3,(H,18,21). The molecule has 0 saturated carbocycles. The van der Waals surface area contributed by atoms with Crippen LogP contribution >= 0.6 is 11.3 Å². The van der Waals surface area contributed by atoms with Gasteiger partial charge in [-0.2, -0.15) is 11.3 Å². The van der Waals surface area contributed by atoms with E-state index in [1.54, 1.807) is 11.3 Å². The number of ether oxygens (including phenoxy) is 1. The van der Waals surface area contributed by atoms with Gasteiger partial charge in [0.1, 0.15) is 5.60 Å². The van der Waals surface area contributed by atoms with Gasteiger partial charge in [-0.25, -0.2) is 4.79 Å². The molecule has 1 atom stereocenters. The molecule has 6 heteroatoms. The second kappa shape index (κ2) is 7.81. The van der Waals surface area contributed by atoms with Gasteiger partial charge in [0.2, 0.25) is 5.91 Å². The van der Waals surface area contributed by atoms with Crippen molar-refractivity contribution in [2.75, 3.05) is 19.6 Å². The van der Waals surface area contributed by atoms with Crippen LogP contribution in [0.15, 0.2) is 16.8 Å². The summed E-state index contributed by atoms with van der Waals surface area (Å²) >= 11 is 1.61. The molecule has 1 aromatic rings. The zero-order valence-corrected chi connectivity index (χ0v) is 14.9. The quantitative estimate of drug-likeness (QED) is 0.918. The zero-order valence-electron chi connectivity index (χ0n) is 14.1. The number of hydrogen-bond donors (Lipinski definition) is 1. The highest BCUT2D eigenvalue weighted by molar-refractivity contribution is 7.07. The van der Waals surface area contributed by atoms with Gasteiger partial charge >= 0.3 is 6.09 Å². The van der Waals surface area contributed by atoms with E-state index in [9.17, 15) is 9.59 Å². The third kappa shape index (κ3) is 6.22. The Morgan fingerprint density at radius 1 is 1.43 bits per heavy atom. The normalized spacial score (nSPS) is 18.6. The lowest BCUT2D eigenvalue weighted by Gasteiger charge is -2.33. The molecular weight excluding hydrogens is 312 g/mol. The average Bonchev–Trinajstić information content (AvgIpc) is 2.96. The lowest BCUT2D eigenvalue weighted by Crippen LogP contribution is -2.44. The first-order chi connectivity index (χ1) is 10.8. The van der Waals surface area contributed by atoms with E-state index in [2.05, 4.69) is 5.32 Å². The van der Waals surface area contributed by atoms with Gasteiger partial charge in [-0.15, -0.1) is 0 Å². The van der Waals surface area contributed by atoms with Gasteiger partial charge in [0.25, 0.3) is 0 Å². The van der Waals surface area contributed by atoms with Gasteiger partial charge in [-0.3, -0.25) is 4.79 Å². The van der Waals surface area contributed by atoms with Crippen molar-refractivity contribution in [2.45, 2.75) is 45.6 Å². The molecule has 0 aliphatic carbocycles. The highest BCUT2D eigenvalue weighted by Crippen LogP contribution is 2.18. The molecule has 0 spiro atoms. The first-order valence-electron chi connectivity index (χ1n) is 8.09. The van der Waals surface area contributed by atoms with Crippen LogP contribution in [0.1, 0.15) is 39.2 Å². The van der Waals surface area contributed by atoms with Crippen molar-refractivity contribution in [3.05, 3.63) is 22.4 Å². The molecule has 2 rings (SSSR count). The molecule has 1 aliphatic heterocycles. The van der Waals surface area contributed by atoms with E-state index >= 15 is 0 Å². The van der Waals surface area contributed by atoms with E-state index in [0.29, 0.717) is 25.4 Å². The number of piperidine rings is 1. The lowest BCUT2D eigenvalue weighted by molar-refractivity contribution is -0.132. The minimum Gasteiger partial charge on any atom is -0.444 e. The van der Waals surface area contributed by atoms with Gasteiger partial charge in [0.15, 0.2) is 0 Å². The Hall–Kier alpha value is -1.56. The van der Waals surface area contributed by atoms with Crippen LogP contribution in [0.2, 0.25) is 0 Å². The Balaban J connectivity index is 1.77. The maximum Gasteiger partial charge on any atom is 0.407 e. The molecule has 128 valence electrons. The van der Waals surface area contributed by atoms with Crippen LogP contribution in [-0.2, 0) is 16.0 Å². The van der Waals surface area contributed by atoms with E-state index in [4.69, 9.17) is 4.74 Å². The Morgan fingerprint density at radius 2 is 2.22 bits per heavy atom. The summed E-state index contributed by atoms with van der Waals surface area (Å²) < 4.78 is 5.24. The molecule has 1 N–H and O–H groups in total. The summed E-state index contributed by atoms with van der Waals surface area (Å²) in [6.45, 7) is 7.61. The lowest BCUT2D eigenvalue weighted by atomic mass is 9.97. The van der Waals surface area contributed by atoms with Crippen LogP contribution in [0, 0.1) is 5.92 Å². The van der Waals surface area contributed by atoms with Crippen molar-refractivity contribution in [1.82, 2.24) is 10.2 Å². The summed E-state index contributed by atoms with van der Waals surface area (Å²) in [5, 5.41) is 6.83. The fourth-order valence-corrected chi connectivity index (χ4v) is 3.35. The summed E-state index contributed by atoms with van der Waals surface area (Å²) in [5.41, 5.74) is 0.591. The number of carbonyl (C=O) groups is 2. The molecule has 1 saturated heterocycles. The molecule has 5 nitrogen and oxygen atoms in total. The minimum atomic E-state index is -0.487. The summed E-state index contributed by atoms with van der Waals surface area (Å²) in [6, 6.07) is 1.99. The molecule has 0 bridgehead atoms. The fraction of sp³-hybridized carbons (Fsp3) is 0.647. The van der Waals surface area contributed by atoms with E-state index in [0.717, 1.165) is 24.9 Å². The summed E-state index contributed by atoms with van der Waals surface area (Å²) in [7, 11) is 0. The number of amides is 2. The number of hydrogen-bond acceptors (Lipinski definition) is 4. The molecular formula is C17H26N2O3S. The first-order valence-corrected chi connectivity index (χ1v) is 9.03. The van der Waals surface area contributed by atoms with Crippen molar-refractivity contribution in [2.24, 2.45) is 5.92 Å². The highest BCUT2D eigenvalue weighted by atomic mass is 32.1. The zero-order chi connectivity index (χ0) is 16.9. The Labute approximate surface area is 142 Å². The third-order valence-electron chi connectivity index (χ3n) is 3.74. The molecule has 1 aromatic heterocycles. The second-order valence-electron chi connectivity index (χ2n) is 7.04. The van der Waals surface area contributed by atoms with Gasteiger partial charge in [0, 0.05) is 19.6 Å². The van der Waals surface area contributed by atoms with Crippen LogP contribution in [-0.4, -0.2) is 42.1 Å². The van der Waals surface area contributed by atoms with E-state index in [1.165, 1.54) is 0 Å². The maximum absolute atomic E-state index is 12.4. The topological polar surface area (TPSA) is 58.6 Å². The van der Waals surface area contributed by atoms with Crippen LogP contribution in [0.3, 0.4) is 0 Å². The van der Waals surface area contributed by atoms with E-state index in [-0.39, 0.29) is 12.0 Å². The summed E-state index contributed by atoms with van der Waals surface area (Å²) in [6.07, 6.45) is 2.09. The second-order valence-corrected chi connectivity index (χ2v) is 7.82. The number of thiophene rings is 1. The summed E-state index contributed by atoms with van der Waals surface area (Å²) in [4.78, 5) is 26.0. The molecule has 1 unspecified atom stereocenters. The average molecular weight is 338 g/mol. The molecule has 23 heavy (non-hydrogen) atoms. The number of nitrogens with one attached hydrogen (secondary N) is 1. The van der Waals surface area contributed by atoms with Crippen molar-refractivity contribution >= 4 is 23.3 Å². The molecule has 1 aliphatic rings. The Bertz CT molecular complexity index is 522. The van der Waals surface area contributed by atoms with Crippen molar-refractivity contribution < 1.29 is 14.3 Å². The van der Waals surface area contributed by atoms with Crippen molar-refractivity contribution in [3.63, 3.8) is 0 Å². The number of nitrogens with zero attached hydrogens (tertiary/aromatic N) is 1. The minimum absolute atomic E-state index is 0.172. The number of likely N-dealkylation sites (tertiary alicyclic amines) is 1. The molecule has 0 radical (unpaired) electrons. The molecule has 2 heterocycles. The SMILES string of the molecule is CC(C)(C)OC(=O)NCC1CCCN(C(=O)Cc2ccsc2)C1. The van der Waals surface area contributed by atoms with Gasteiger partial charge in [-0.1, -0.05) is 0 Å². The van der Waals surface area contributed by atoms with Gasteiger partial charge in [0.05, 0.1) is 6.42 Å². The number of rotatable bonds is 4. The largest absolute Gasteiger partial charge is 0.444 e. The van der Waals surface area contributed by atoms with Crippen LogP contribution in [0.5, 0.6) is 0 Å². The Morgan fingerprint density at radius 3 is 2.87 bits per heavy atom. The fourth-order valence-electron chi connectivity index (χ4n) is 2.68. The maximum atomic E-state index is 12.4. The van der Waals surface area contributed by atoms with Crippen molar-refractivity contribution in [1.29, 1.82) is 0 Å². The van der Waals surface area contributed by atoms with Gasteiger partial charge in [-0.05, 0) is 61.9 Å². The molecule has 0 aromatic carbocycles. The third-order valence-corrected chi connectivity index (χ3v) is 4.47. The highest BCUT2D eigenvalue weighted by Gasteiger charge is 2.25. The predicted octanol–water partition coefficient (Wildman–Crippen LogP) is 3.05. The van der Waals surface area contributed by atoms with Crippen molar-refractivity contribution in [3.8, 4) is 0 Å². The van der Waals surface area contributed by atoms with E-state index < -0.39 is 5.60 Å². The van der Waals surface area contributed by atoms with Crippen LogP contribution < -0.4 is 5.32 Å². The van der Waals surface area contributed by atoms with Crippen LogP contribution in [0.4, 0.5) is 4.79 Å². The molecule has 2 amide bonds. The Kier molecular flexibility index (Phi) is 6.04.